The number of rotatable bonds is 5. The zero-order chi connectivity index (χ0) is 22.0. The van der Waals surface area contributed by atoms with Crippen LogP contribution in [0.4, 0.5) is 10.1 Å². The molecule has 1 amide bonds. The van der Waals surface area contributed by atoms with Crippen LogP contribution in [-0.2, 0) is 10.3 Å². The van der Waals surface area contributed by atoms with Crippen molar-refractivity contribution in [3.05, 3.63) is 59.2 Å². The van der Waals surface area contributed by atoms with E-state index in [4.69, 9.17) is 20.7 Å². The van der Waals surface area contributed by atoms with Gasteiger partial charge in [-0.1, -0.05) is 11.8 Å². The number of fused-ring (bicyclic) bond motifs is 1. The van der Waals surface area contributed by atoms with Gasteiger partial charge >= 0.3 is 0 Å². The molecule has 3 N–H and O–H groups in total. The van der Waals surface area contributed by atoms with Gasteiger partial charge in [-0.3, -0.25) is 9.79 Å². The number of nitrogens with zero attached hydrogens (tertiary/aromatic N) is 3. The van der Waals surface area contributed by atoms with E-state index in [0.29, 0.717) is 35.0 Å². The molecule has 0 bridgehead atoms. The molecule has 1 fully saturated rings. The van der Waals surface area contributed by atoms with Crippen LogP contribution in [0.15, 0.2) is 41.5 Å². The van der Waals surface area contributed by atoms with Gasteiger partial charge in [-0.05, 0) is 43.7 Å². The van der Waals surface area contributed by atoms with Crippen molar-refractivity contribution in [3.63, 3.8) is 0 Å². The van der Waals surface area contributed by atoms with Crippen molar-refractivity contribution in [1.29, 1.82) is 5.26 Å². The predicted molar refractivity (Wildman–Crippen MR) is 117 cm³/mol. The molecule has 1 aliphatic carbocycles. The number of thioether (sulfide) groups is 1. The third-order valence-corrected chi connectivity index (χ3v) is 6.68. The third kappa shape index (κ3) is 4.13. The molecule has 7 nitrogen and oxygen atoms in total. The molecule has 2 heterocycles. The number of carbonyl (C=O) groups excluding carboxylic acids is 1. The maximum absolute atomic E-state index is 15.1. The number of nitrogens with two attached hydrogens (primary N) is 1. The van der Waals surface area contributed by atoms with Gasteiger partial charge in [-0.25, -0.2) is 9.37 Å². The number of aromatic nitrogens is 1. The minimum atomic E-state index is -0.813. The Hall–Kier alpha value is -2.96. The lowest BCUT2D eigenvalue weighted by Gasteiger charge is -2.36. The maximum atomic E-state index is 15.1. The monoisotopic (exact) mass is 439 g/mol. The van der Waals surface area contributed by atoms with E-state index in [1.807, 2.05) is 13.0 Å². The van der Waals surface area contributed by atoms with Crippen LogP contribution in [0.3, 0.4) is 0 Å². The highest BCUT2D eigenvalue weighted by Gasteiger charge is 2.52. The summed E-state index contributed by atoms with van der Waals surface area (Å²) in [7, 11) is 0. The number of nitrogens with one attached hydrogen (secondary N) is 1. The van der Waals surface area contributed by atoms with E-state index >= 15 is 4.39 Å². The van der Waals surface area contributed by atoms with E-state index in [0.717, 1.165) is 12.2 Å². The second-order valence-corrected chi connectivity index (χ2v) is 8.63. The van der Waals surface area contributed by atoms with Crippen molar-refractivity contribution in [1.82, 2.24) is 4.98 Å². The van der Waals surface area contributed by atoms with Crippen molar-refractivity contribution in [2.45, 2.75) is 31.4 Å². The zero-order valence-corrected chi connectivity index (χ0v) is 17.8. The van der Waals surface area contributed by atoms with Crippen molar-refractivity contribution >= 4 is 28.5 Å². The van der Waals surface area contributed by atoms with Gasteiger partial charge in [-0.2, -0.15) is 5.26 Å². The highest BCUT2D eigenvalue weighted by Crippen LogP contribution is 2.52. The first-order chi connectivity index (χ1) is 14.9. The van der Waals surface area contributed by atoms with Crippen molar-refractivity contribution in [2.24, 2.45) is 16.6 Å². The van der Waals surface area contributed by atoms with Gasteiger partial charge < -0.3 is 15.8 Å². The summed E-state index contributed by atoms with van der Waals surface area (Å²) < 4.78 is 20.9. The zero-order valence-electron chi connectivity index (χ0n) is 17.0. The summed E-state index contributed by atoms with van der Waals surface area (Å²) in [4.78, 5) is 21.3. The van der Waals surface area contributed by atoms with Crippen molar-refractivity contribution < 1.29 is 13.9 Å². The van der Waals surface area contributed by atoms with E-state index in [2.05, 4.69) is 10.3 Å². The Balaban J connectivity index is 1.66. The number of hydrogen-bond acceptors (Lipinski definition) is 7. The number of amidine groups is 1. The summed E-state index contributed by atoms with van der Waals surface area (Å²) in [6.45, 7) is 2.52. The number of pyridine rings is 1. The van der Waals surface area contributed by atoms with Gasteiger partial charge in [0.15, 0.2) is 5.17 Å². The fraction of sp³-hybridized carbons (Fsp3) is 0.364. The van der Waals surface area contributed by atoms with E-state index in [1.54, 1.807) is 6.07 Å². The molecule has 3 atom stereocenters. The van der Waals surface area contributed by atoms with Crippen LogP contribution in [0, 0.1) is 23.1 Å². The molecule has 4 rings (SSSR count). The van der Waals surface area contributed by atoms with Gasteiger partial charge in [0.1, 0.15) is 17.6 Å². The van der Waals surface area contributed by atoms with Gasteiger partial charge in [0.25, 0.3) is 5.91 Å². The molecule has 0 radical (unpaired) electrons. The smallest absolute Gasteiger partial charge is 0.274 e. The minimum Gasteiger partial charge on any atom is -0.379 e. The predicted octanol–water partition coefficient (Wildman–Crippen LogP) is 3.42. The molecule has 0 spiro atoms. The lowest BCUT2D eigenvalue weighted by molar-refractivity contribution is 0.0629. The maximum Gasteiger partial charge on any atom is 0.274 e. The molecule has 160 valence electrons. The molecule has 2 aliphatic rings. The topological polar surface area (TPSA) is 113 Å². The number of anilines is 1. The molecule has 0 saturated heterocycles. The summed E-state index contributed by atoms with van der Waals surface area (Å²) in [6, 6.07) is 9.42. The summed E-state index contributed by atoms with van der Waals surface area (Å²) in [6.07, 6.45) is 2.63. The number of ether oxygens (including phenoxy) is 1. The van der Waals surface area contributed by atoms with E-state index in [1.165, 1.54) is 42.2 Å². The normalized spacial score (nSPS) is 24.7. The van der Waals surface area contributed by atoms with E-state index in [-0.39, 0.29) is 23.5 Å². The number of halogens is 1. The first-order valence-electron chi connectivity index (χ1n) is 10.0. The fourth-order valence-electron chi connectivity index (χ4n) is 4.34. The van der Waals surface area contributed by atoms with Crippen LogP contribution >= 0.6 is 11.8 Å². The highest BCUT2D eigenvalue weighted by atomic mass is 32.2. The quantitative estimate of drug-likeness (QED) is 0.738. The Kier molecular flexibility index (Phi) is 5.94. The number of nitriles is 1. The Labute approximate surface area is 183 Å². The third-order valence-electron chi connectivity index (χ3n) is 5.72. The average molecular weight is 440 g/mol. The molecule has 1 aromatic carbocycles. The number of hydrogen-bond donors (Lipinski definition) is 2. The molecule has 0 unspecified atom stereocenters. The highest BCUT2D eigenvalue weighted by molar-refractivity contribution is 8.13. The second-order valence-electron chi connectivity index (χ2n) is 7.59. The summed E-state index contributed by atoms with van der Waals surface area (Å²) in [5, 5.41) is 12.1. The summed E-state index contributed by atoms with van der Waals surface area (Å²) >= 11 is 1.48. The molecule has 1 aliphatic heterocycles. The average Bonchev–Trinajstić information content (AvgIpc) is 3.13. The van der Waals surface area contributed by atoms with Crippen LogP contribution in [0.5, 0.6) is 0 Å². The van der Waals surface area contributed by atoms with Gasteiger partial charge in [0.2, 0.25) is 0 Å². The Morgan fingerprint density at radius 1 is 1.45 bits per heavy atom. The molecular formula is C22H22FN5O2S. The van der Waals surface area contributed by atoms with Crippen molar-refractivity contribution in [3.8, 4) is 6.07 Å². The number of benzene rings is 1. The number of carbonyl (C=O) groups is 1. The standard InChI is InChI=1S/C22H22FN5O2S/c1-2-30-16-7-14-12-31-21(25)28-22(14,9-16)17-8-15(4-5-18(17)23)27-20(29)19-6-3-13(10-24)11-26-19/h3-6,8,11,14,16H,2,7,9,12H2,1H3,(H2,25,28)(H,27,29)/t14-,16-,22-/m0/s1. The Bertz CT molecular complexity index is 1070. The fourth-order valence-corrected chi connectivity index (χ4v) is 5.36. The van der Waals surface area contributed by atoms with Crippen LogP contribution in [-0.4, -0.2) is 34.5 Å². The second kappa shape index (κ2) is 8.65. The van der Waals surface area contributed by atoms with E-state index < -0.39 is 11.4 Å². The summed E-state index contributed by atoms with van der Waals surface area (Å²) in [5.41, 5.74) is 6.61. The van der Waals surface area contributed by atoms with Gasteiger partial charge in [0, 0.05) is 42.1 Å². The SMILES string of the molecule is CCO[C@H]1C[C@H]2CSC(N)=N[C@@]2(c2cc(NC(=O)c3ccc(C#N)cn3)ccc2F)C1. The summed E-state index contributed by atoms with van der Waals surface area (Å²) in [5.74, 6) is -0.0107. The Morgan fingerprint density at radius 2 is 2.29 bits per heavy atom. The largest absolute Gasteiger partial charge is 0.379 e. The van der Waals surface area contributed by atoms with Crippen LogP contribution in [0.2, 0.25) is 0 Å². The number of amides is 1. The molecule has 2 aromatic rings. The van der Waals surface area contributed by atoms with Gasteiger partial charge in [0.05, 0.1) is 17.2 Å². The van der Waals surface area contributed by atoms with Gasteiger partial charge in [-0.15, -0.1) is 0 Å². The minimum absolute atomic E-state index is 0.0225. The first-order valence-corrected chi connectivity index (χ1v) is 11.0. The molecule has 1 saturated carbocycles. The lowest BCUT2D eigenvalue weighted by Crippen LogP contribution is -2.37. The first kappa shape index (κ1) is 21.3. The van der Waals surface area contributed by atoms with Crippen molar-refractivity contribution in [2.75, 3.05) is 17.7 Å². The number of aliphatic imine (C=N–C) groups is 1. The lowest BCUT2D eigenvalue weighted by atomic mass is 9.81. The molecule has 31 heavy (non-hydrogen) atoms. The van der Waals surface area contributed by atoms with Crippen LogP contribution in [0.1, 0.15) is 41.4 Å². The molecular weight excluding hydrogens is 417 g/mol. The molecule has 1 aromatic heterocycles. The molecule has 9 heteroatoms. The van der Waals surface area contributed by atoms with Crippen LogP contribution in [0.25, 0.3) is 0 Å². The van der Waals surface area contributed by atoms with Crippen LogP contribution < -0.4 is 11.1 Å². The Morgan fingerprint density at radius 3 is 3.00 bits per heavy atom. The van der Waals surface area contributed by atoms with E-state index in [9.17, 15) is 4.79 Å².